The highest BCUT2D eigenvalue weighted by Crippen LogP contribution is 2.26. The molecule has 0 aromatic rings. The molecule has 14 heavy (non-hydrogen) atoms. The maximum absolute atomic E-state index is 10.7. The standard InChI is InChI=1S/C5H13N4O2PS2/c1-6-4(13)7-3-8-5(14)9-12(2,10)11/h3H2,1-2H3,(H2,6,7,13)(H3,8,9,10,11,14)/p-1. The average Bonchev–Trinajstić information content (AvgIpc) is 2.00. The van der Waals surface area contributed by atoms with Crippen LogP contribution in [0.25, 0.3) is 0 Å². The predicted molar refractivity (Wildman–Crippen MR) is 61.4 cm³/mol. The van der Waals surface area contributed by atoms with Crippen LogP contribution in [0.4, 0.5) is 0 Å². The van der Waals surface area contributed by atoms with E-state index in [-0.39, 0.29) is 11.8 Å². The minimum Gasteiger partial charge on any atom is -0.665 e. The molecule has 0 unspecified atom stereocenters. The summed E-state index contributed by atoms with van der Waals surface area (Å²) in [4.78, 5) is 21.5. The third kappa shape index (κ3) is 8.33. The largest absolute Gasteiger partial charge is 0.665 e. The molecule has 6 nitrogen and oxygen atoms in total. The first-order valence-electron chi connectivity index (χ1n) is 3.65. The third-order valence-corrected chi connectivity index (χ3v) is 2.41. The molecule has 4 N–H and O–H groups in total. The van der Waals surface area contributed by atoms with Crippen molar-refractivity contribution in [1.82, 2.24) is 21.0 Å². The van der Waals surface area contributed by atoms with Gasteiger partial charge in [-0.25, -0.2) is 5.09 Å². The zero-order valence-corrected chi connectivity index (χ0v) is 10.3. The molecule has 0 aromatic carbocycles. The summed E-state index contributed by atoms with van der Waals surface area (Å²) in [5.74, 6) is 0. The second-order valence-electron chi connectivity index (χ2n) is 2.40. The molecule has 0 amide bonds. The highest BCUT2D eigenvalue weighted by molar-refractivity contribution is 7.81. The van der Waals surface area contributed by atoms with E-state index in [0.29, 0.717) is 5.11 Å². The Morgan fingerprint density at radius 1 is 1.21 bits per heavy atom. The Labute approximate surface area is 94.0 Å². The first-order chi connectivity index (χ1) is 6.35. The van der Waals surface area contributed by atoms with Crippen molar-refractivity contribution in [3.05, 3.63) is 0 Å². The van der Waals surface area contributed by atoms with Crippen LogP contribution >= 0.6 is 32.3 Å². The van der Waals surface area contributed by atoms with E-state index in [1.807, 2.05) is 0 Å². The average molecular weight is 255 g/mol. The van der Waals surface area contributed by atoms with Crippen molar-refractivity contribution in [3.63, 3.8) is 0 Å². The van der Waals surface area contributed by atoms with Gasteiger partial charge in [0, 0.05) is 14.9 Å². The quantitative estimate of drug-likeness (QED) is 0.252. The van der Waals surface area contributed by atoms with E-state index in [1.54, 1.807) is 7.05 Å². The Bertz CT molecular complexity index is 220. The minimum absolute atomic E-state index is 0.0391. The predicted octanol–water partition coefficient (Wildman–Crippen LogP) is -2.39. The molecule has 0 spiro atoms. The lowest BCUT2D eigenvalue weighted by atomic mass is 10.9. The fourth-order valence-corrected chi connectivity index (χ4v) is 1.61. The van der Waals surface area contributed by atoms with Gasteiger partial charge >= 0.3 is 0 Å². The van der Waals surface area contributed by atoms with Crippen LogP contribution in [-0.4, -0.2) is 30.6 Å². The summed E-state index contributed by atoms with van der Waals surface area (Å²) in [6.45, 7) is 1.30. The van der Waals surface area contributed by atoms with E-state index in [4.69, 9.17) is 24.4 Å². The van der Waals surface area contributed by atoms with Gasteiger partial charge in [-0.05, 0) is 24.4 Å². The molecule has 0 saturated heterocycles. The summed E-state index contributed by atoms with van der Waals surface area (Å²) in [5, 5.41) is 10.7. The minimum atomic E-state index is -3.57. The second-order valence-corrected chi connectivity index (χ2v) is 5.13. The highest BCUT2D eigenvalue weighted by atomic mass is 32.1. The Kier molecular flexibility index (Phi) is 6.14. The van der Waals surface area contributed by atoms with Gasteiger partial charge in [0.25, 0.3) is 0 Å². The molecule has 0 fully saturated rings. The molecule has 82 valence electrons. The Hall–Kier alpha value is -0.270. The van der Waals surface area contributed by atoms with Gasteiger partial charge in [0.1, 0.15) is 0 Å². The number of nitrogens with one attached hydrogen (secondary N) is 4. The number of rotatable bonds is 3. The second kappa shape index (κ2) is 6.26. The molecule has 0 bridgehead atoms. The summed E-state index contributed by atoms with van der Waals surface area (Å²) in [6.07, 6.45) is 0. The van der Waals surface area contributed by atoms with Crippen molar-refractivity contribution < 1.29 is 9.79 Å². The summed E-state index contributed by atoms with van der Waals surface area (Å²) in [5.41, 5.74) is 0. The molecule has 0 atom stereocenters. The van der Waals surface area contributed by atoms with Crippen molar-refractivity contribution in [2.75, 3.05) is 20.4 Å². The van der Waals surface area contributed by atoms with E-state index >= 15 is 0 Å². The van der Waals surface area contributed by atoms with Crippen LogP contribution in [0, 0.1) is 0 Å². The zero-order chi connectivity index (χ0) is 11.2. The Morgan fingerprint density at radius 3 is 2.14 bits per heavy atom. The van der Waals surface area contributed by atoms with Crippen LogP contribution in [-0.2, 0) is 0 Å². The molecular formula is C5H12N4O2PS2-. The van der Waals surface area contributed by atoms with Crippen molar-refractivity contribution in [3.8, 4) is 0 Å². The molecule has 0 aliphatic rings. The fraction of sp³-hybridized carbons (Fsp3) is 0.600. The monoisotopic (exact) mass is 255 g/mol. The molecule has 0 saturated carbocycles. The number of thiocarbonyl (C=S) groups is 2. The van der Waals surface area contributed by atoms with Crippen LogP contribution in [0.15, 0.2) is 0 Å². The molecule has 0 radical (unpaired) electrons. The third-order valence-electron chi connectivity index (χ3n) is 1.03. The van der Waals surface area contributed by atoms with Gasteiger partial charge in [-0.3, -0.25) is 0 Å². The van der Waals surface area contributed by atoms with E-state index in [9.17, 15) is 9.79 Å². The smallest absolute Gasteiger partial charge is 0.199 e. The Balaban J connectivity index is 3.60. The van der Waals surface area contributed by atoms with Gasteiger partial charge in [-0.1, -0.05) is 0 Å². The maximum Gasteiger partial charge on any atom is 0.199 e. The van der Waals surface area contributed by atoms with Crippen LogP contribution in [0.2, 0.25) is 0 Å². The summed E-state index contributed by atoms with van der Waals surface area (Å²) in [6, 6.07) is 0. The van der Waals surface area contributed by atoms with Crippen LogP contribution in [0.1, 0.15) is 0 Å². The van der Waals surface area contributed by atoms with Gasteiger partial charge in [0.15, 0.2) is 10.2 Å². The molecular weight excluding hydrogens is 243 g/mol. The lowest BCUT2D eigenvalue weighted by Crippen LogP contribution is -2.47. The lowest BCUT2D eigenvalue weighted by Gasteiger charge is -2.32. The zero-order valence-electron chi connectivity index (χ0n) is 7.79. The van der Waals surface area contributed by atoms with Crippen molar-refractivity contribution >= 4 is 42.5 Å². The van der Waals surface area contributed by atoms with Crippen molar-refractivity contribution in [1.29, 1.82) is 0 Å². The fourth-order valence-electron chi connectivity index (χ4n) is 0.517. The molecule has 0 aliphatic heterocycles. The van der Waals surface area contributed by atoms with Gasteiger partial charge < -0.3 is 25.7 Å². The van der Waals surface area contributed by atoms with Gasteiger partial charge in [-0.2, -0.15) is 0 Å². The van der Waals surface area contributed by atoms with Crippen LogP contribution in [0.3, 0.4) is 0 Å². The van der Waals surface area contributed by atoms with Gasteiger partial charge in [0.05, 0.1) is 13.3 Å². The van der Waals surface area contributed by atoms with Crippen LogP contribution in [0.5, 0.6) is 0 Å². The highest BCUT2D eigenvalue weighted by Gasteiger charge is 2.05. The number of hydrogen-bond acceptors (Lipinski definition) is 4. The topological polar surface area (TPSA) is 94.2 Å². The van der Waals surface area contributed by atoms with E-state index in [1.165, 1.54) is 0 Å². The Morgan fingerprint density at radius 2 is 1.71 bits per heavy atom. The first kappa shape index (κ1) is 13.7. The van der Waals surface area contributed by atoms with Crippen LogP contribution < -0.4 is 30.8 Å². The van der Waals surface area contributed by atoms with E-state index < -0.39 is 7.87 Å². The van der Waals surface area contributed by atoms with Gasteiger partial charge in [-0.15, -0.1) is 0 Å². The molecule has 0 aromatic heterocycles. The van der Waals surface area contributed by atoms with Crippen molar-refractivity contribution in [2.45, 2.75) is 0 Å². The first-order valence-corrected chi connectivity index (χ1v) is 6.54. The number of hydrogen-bond donors (Lipinski definition) is 4. The SMILES string of the molecule is CNC(=S)NCNC(=S)N[P+](C)([O-])[O-]. The molecule has 0 rings (SSSR count). The normalized spacial score (nSPS) is 10.3. The summed E-state index contributed by atoms with van der Waals surface area (Å²) >= 11 is 9.47. The van der Waals surface area contributed by atoms with E-state index in [2.05, 4.69) is 21.0 Å². The van der Waals surface area contributed by atoms with Gasteiger partial charge in [0.2, 0.25) is 0 Å². The molecule has 0 aliphatic carbocycles. The summed E-state index contributed by atoms with van der Waals surface area (Å²) < 4.78 is 0. The van der Waals surface area contributed by atoms with E-state index in [0.717, 1.165) is 6.66 Å². The lowest BCUT2D eigenvalue weighted by molar-refractivity contribution is -0.308. The molecule has 0 heterocycles. The van der Waals surface area contributed by atoms with Crippen molar-refractivity contribution in [2.24, 2.45) is 0 Å². The maximum atomic E-state index is 10.7. The summed E-state index contributed by atoms with van der Waals surface area (Å²) in [7, 11) is -1.90. The molecule has 9 heteroatoms.